The molecule has 3 rings (SSSR count). The number of carbonyl (C=O) groups is 1. The van der Waals surface area contributed by atoms with Gasteiger partial charge in [-0.2, -0.15) is 0 Å². The van der Waals surface area contributed by atoms with Crippen LogP contribution in [0, 0.1) is 0 Å². The Morgan fingerprint density at radius 2 is 1.73 bits per heavy atom. The monoisotopic (exact) mass is 434 g/mol. The summed E-state index contributed by atoms with van der Waals surface area (Å²) in [7, 11) is 1.14. The van der Waals surface area contributed by atoms with Gasteiger partial charge in [-0.25, -0.2) is 8.42 Å². The number of carbonyl (C=O) groups excluding carboxylic acids is 1. The van der Waals surface area contributed by atoms with Crippen LogP contribution < -0.4 is 23.8 Å². The van der Waals surface area contributed by atoms with Crippen molar-refractivity contribution in [3.63, 3.8) is 0 Å². The first-order valence-electron chi connectivity index (χ1n) is 9.59. The fraction of sp³-hybridized carbons (Fsp3) is 0.381. The van der Waals surface area contributed by atoms with Crippen LogP contribution in [0.4, 0.5) is 11.4 Å². The van der Waals surface area contributed by atoms with Gasteiger partial charge in [-0.1, -0.05) is 0 Å². The number of amides is 1. The summed E-state index contributed by atoms with van der Waals surface area (Å²) in [6.07, 6.45) is 1.48. The predicted molar refractivity (Wildman–Crippen MR) is 116 cm³/mol. The van der Waals surface area contributed by atoms with E-state index in [1.165, 1.54) is 25.6 Å². The molecule has 162 valence electrons. The maximum atomic E-state index is 12.8. The maximum Gasteiger partial charge on any atom is 0.255 e. The number of fused-ring (bicyclic) bond motifs is 1. The molecule has 0 fully saturated rings. The largest absolute Gasteiger partial charge is 0.493 e. The standard InChI is InChI=1S/C21H26N2O6S/c1-5-30(25,26)23-10-6-7-14-11-16(8-9-17(14)23)22-21(24)15-12-18(27-2)20(29-4)19(13-15)28-3/h8-9,11-13H,5-7,10H2,1-4H3,(H,22,24). The normalized spacial score (nSPS) is 13.4. The third-order valence-corrected chi connectivity index (χ3v) is 6.82. The number of anilines is 2. The number of ether oxygens (including phenoxy) is 3. The molecule has 9 heteroatoms. The van der Waals surface area contributed by atoms with Gasteiger partial charge in [-0.15, -0.1) is 0 Å². The molecular weight excluding hydrogens is 408 g/mol. The van der Waals surface area contributed by atoms with Gasteiger partial charge in [0.2, 0.25) is 15.8 Å². The summed E-state index contributed by atoms with van der Waals surface area (Å²) in [4.78, 5) is 12.8. The number of benzene rings is 2. The van der Waals surface area contributed by atoms with E-state index in [1.54, 1.807) is 31.2 Å². The second-order valence-corrected chi connectivity index (χ2v) is 8.97. The van der Waals surface area contributed by atoms with Gasteiger partial charge in [-0.3, -0.25) is 9.10 Å². The van der Waals surface area contributed by atoms with Crippen molar-refractivity contribution < 1.29 is 27.4 Å². The van der Waals surface area contributed by atoms with Gasteiger partial charge in [0.1, 0.15) is 0 Å². The van der Waals surface area contributed by atoms with Crippen LogP contribution in [0.15, 0.2) is 30.3 Å². The molecule has 1 amide bonds. The van der Waals surface area contributed by atoms with Crippen LogP contribution in [0.2, 0.25) is 0 Å². The van der Waals surface area contributed by atoms with Gasteiger partial charge < -0.3 is 19.5 Å². The SMILES string of the molecule is CCS(=O)(=O)N1CCCc2cc(NC(=O)c3cc(OC)c(OC)c(OC)c3)ccc21. The van der Waals surface area contributed by atoms with E-state index in [2.05, 4.69) is 5.32 Å². The third-order valence-electron chi connectivity index (χ3n) is 5.04. The molecule has 30 heavy (non-hydrogen) atoms. The average molecular weight is 435 g/mol. The third kappa shape index (κ3) is 4.16. The van der Waals surface area contributed by atoms with Crippen molar-refractivity contribution >= 4 is 27.3 Å². The molecule has 0 bridgehead atoms. The summed E-state index contributed by atoms with van der Waals surface area (Å²) in [5.74, 6) is 0.873. The van der Waals surface area contributed by atoms with Gasteiger partial charge >= 0.3 is 0 Å². The summed E-state index contributed by atoms with van der Waals surface area (Å²) in [6.45, 7) is 2.11. The lowest BCUT2D eigenvalue weighted by Gasteiger charge is -2.30. The zero-order valence-electron chi connectivity index (χ0n) is 17.5. The van der Waals surface area contributed by atoms with Crippen LogP contribution >= 0.6 is 0 Å². The van der Waals surface area contributed by atoms with Crippen molar-refractivity contribution in [1.82, 2.24) is 0 Å². The molecular formula is C21H26N2O6S. The van der Waals surface area contributed by atoms with Crippen LogP contribution in [0.5, 0.6) is 17.2 Å². The Kier molecular flexibility index (Phi) is 6.40. The molecule has 0 unspecified atom stereocenters. The van der Waals surface area contributed by atoms with Crippen molar-refractivity contribution in [3.8, 4) is 17.2 Å². The Morgan fingerprint density at radius 3 is 2.30 bits per heavy atom. The lowest BCUT2D eigenvalue weighted by atomic mass is 10.0. The summed E-state index contributed by atoms with van der Waals surface area (Å²) in [6, 6.07) is 8.42. The van der Waals surface area contributed by atoms with Crippen LogP contribution in [0.3, 0.4) is 0 Å². The lowest BCUT2D eigenvalue weighted by molar-refractivity contribution is 0.102. The van der Waals surface area contributed by atoms with Crippen LogP contribution in [-0.4, -0.2) is 48.0 Å². The first-order valence-corrected chi connectivity index (χ1v) is 11.2. The molecule has 0 aliphatic carbocycles. The molecule has 1 heterocycles. The highest BCUT2D eigenvalue weighted by molar-refractivity contribution is 7.92. The minimum Gasteiger partial charge on any atom is -0.493 e. The highest BCUT2D eigenvalue weighted by atomic mass is 32.2. The first kappa shape index (κ1) is 21.8. The van der Waals surface area contributed by atoms with Crippen LogP contribution in [0.25, 0.3) is 0 Å². The summed E-state index contributed by atoms with van der Waals surface area (Å²) < 4.78 is 42.1. The highest BCUT2D eigenvalue weighted by Gasteiger charge is 2.26. The number of sulfonamides is 1. The van der Waals surface area contributed by atoms with Gasteiger partial charge in [0.25, 0.3) is 5.91 Å². The quantitative estimate of drug-likeness (QED) is 0.720. The summed E-state index contributed by atoms with van der Waals surface area (Å²) in [5, 5.41) is 2.86. The second kappa shape index (κ2) is 8.83. The second-order valence-electron chi connectivity index (χ2n) is 6.79. The number of methoxy groups -OCH3 is 3. The van der Waals surface area contributed by atoms with Gasteiger partial charge in [0.05, 0.1) is 32.8 Å². The number of hydrogen-bond acceptors (Lipinski definition) is 6. The number of aryl methyl sites for hydroxylation is 1. The van der Waals surface area contributed by atoms with Crippen molar-refractivity contribution in [2.45, 2.75) is 19.8 Å². The van der Waals surface area contributed by atoms with Crippen LogP contribution in [0.1, 0.15) is 29.3 Å². The Labute approximate surface area is 176 Å². The molecule has 0 atom stereocenters. The van der Waals surface area contributed by atoms with Crippen LogP contribution in [-0.2, 0) is 16.4 Å². The molecule has 1 aliphatic rings. The molecule has 1 aliphatic heterocycles. The van der Waals surface area contributed by atoms with Crippen molar-refractivity contribution in [1.29, 1.82) is 0 Å². The Balaban J connectivity index is 1.88. The Hall–Kier alpha value is -2.94. The van der Waals surface area contributed by atoms with Gasteiger partial charge in [0, 0.05) is 17.8 Å². The fourth-order valence-electron chi connectivity index (χ4n) is 3.50. The molecule has 0 saturated carbocycles. The average Bonchev–Trinajstić information content (AvgIpc) is 2.77. The van der Waals surface area contributed by atoms with Gasteiger partial charge in [-0.05, 0) is 55.7 Å². The van der Waals surface area contributed by atoms with Crippen molar-refractivity contribution in [2.24, 2.45) is 0 Å². The first-order chi connectivity index (χ1) is 14.3. The molecule has 0 radical (unpaired) electrons. The summed E-state index contributed by atoms with van der Waals surface area (Å²) in [5.41, 5.74) is 2.50. The number of nitrogens with one attached hydrogen (secondary N) is 1. The van der Waals surface area contributed by atoms with E-state index in [9.17, 15) is 13.2 Å². The van der Waals surface area contributed by atoms with E-state index in [4.69, 9.17) is 14.2 Å². The van der Waals surface area contributed by atoms with E-state index >= 15 is 0 Å². The number of hydrogen-bond donors (Lipinski definition) is 1. The molecule has 2 aromatic rings. The zero-order chi connectivity index (χ0) is 21.9. The molecule has 0 aromatic heterocycles. The predicted octanol–water partition coefficient (Wildman–Crippen LogP) is 3.07. The van der Waals surface area contributed by atoms with E-state index in [1.807, 2.05) is 6.07 Å². The fourth-order valence-corrected chi connectivity index (χ4v) is 4.70. The minimum atomic E-state index is -3.33. The molecule has 8 nitrogen and oxygen atoms in total. The summed E-state index contributed by atoms with van der Waals surface area (Å²) >= 11 is 0. The molecule has 1 N–H and O–H groups in total. The van der Waals surface area contributed by atoms with E-state index in [0.717, 1.165) is 18.4 Å². The van der Waals surface area contributed by atoms with Crippen molar-refractivity contribution in [2.75, 3.05) is 43.2 Å². The zero-order valence-corrected chi connectivity index (χ0v) is 18.3. The molecule has 0 saturated heterocycles. The smallest absolute Gasteiger partial charge is 0.255 e. The topological polar surface area (TPSA) is 94.2 Å². The minimum absolute atomic E-state index is 0.0477. The Bertz CT molecular complexity index is 1030. The van der Waals surface area contributed by atoms with Gasteiger partial charge in [0.15, 0.2) is 11.5 Å². The van der Waals surface area contributed by atoms with E-state index in [-0.39, 0.29) is 11.7 Å². The number of rotatable bonds is 7. The highest BCUT2D eigenvalue weighted by Crippen LogP contribution is 2.38. The number of nitrogens with zero attached hydrogens (tertiary/aromatic N) is 1. The van der Waals surface area contributed by atoms with E-state index in [0.29, 0.717) is 40.7 Å². The lowest BCUT2D eigenvalue weighted by Crippen LogP contribution is -2.36. The molecule has 0 spiro atoms. The Morgan fingerprint density at radius 1 is 1.07 bits per heavy atom. The maximum absolute atomic E-state index is 12.8. The molecule has 2 aromatic carbocycles. The van der Waals surface area contributed by atoms with E-state index < -0.39 is 10.0 Å². The van der Waals surface area contributed by atoms with Crippen molar-refractivity contribution in [3.05, 3.63) is 41.5 Å².